The Labute approximate surface area is 282 Å². The molecule has 8 aromatic rings. The summed E-state index contributed by atoms with van der Waals surface area (Å²) >= 11 is 0. The van der Waals surface area contributed by atoms with Gasteiger partial charge in [0, 0.05) is 22.2 Å². The molecule has 228 valence electrons. The van der Waals surface area contributed by atoms with Crippen molar-refractivity contribution in [1.29, 1.82) is 0 Å². The van der Waals surface area contributed by atoms with Crippen LogP contribution in [0.3, 0.4) is 0 Å². The predicted molar refractivity (Wildman–Crippen MR) is 205 cm³/mol. The van der Waals surface area contributed by atoms with Gasteiger partial charge in [-0.1, -0.05) is 153 Å². The molecule has 0 saturated carbocycles. The molecule has 0 N–H and O–H groups in total. The molecule has 1 heteroatoms. The van der Waals surface area contributed by atoms with Gasteiger partial charge in [-0.3, -0.25) is 0 Å². The summed E-state index contributed by atoms with van der Waals surface area (Å²) in [5.74, 6) is 0. The van der Waals surface area contributed by atoms with Gasteiger partial charge in [0.2, 0.25) is 0 Å². The van der Waals surface area contributed by atoms with Gasteiger partial charge in [-0.05, 0) is 97.1 Å². The van der Waals surface area contributed by atoms with Gasteiger partial charge in [-0.15, -0.1) is 0 Å². The van der Waals surface area contributed by atoms with Crippen LogP contribution in [0.2, 0.25) is 0 Å². The zero-order valence-corrected chi connectivity index (χ0v) is 27.2. The maximum Gasteiger partial charge on any atom is 0.0540 e. The van der Waals surface area contributed by atoms with Crippen LogP contribution in [0.15, 0.2) is 176 Å². The number of rotatable bonds is 5. The van der Waals surface area contributed by atoms with Crippen molar-refractivity contribution >= 4 is 38.6 Å². The second-order valence-corrected chi connectivity index (χ2v) is 13.4. The van der Waals surface area contributed by atoms with Crippen LogP contribution in [0.4, 0.5) is 17.1 Å². The van der Waals surface area contributed by atoms with Crippen molar-refractivity contribution in [2.75, 3.05) is 4.90 Å². The Bertz CT molecular complexity index is 2460. The molecule has 1 aliphatic rings. The largest absolute Gasteiger partial charge is 0.310 e. The topological polar surface area (TPSA) is 3.24 Å². The summed E-state index contributed by atoms with van der Waals surface area (Å²) in [5, 5.41) is 4.96. The van der Waals surface area contributed by atoms with Crippen LogP contribution in [-0.2, 0) is 5.41 Å². The lowest BCUT2D eigenvalue weighted by atomic mass is 9.78. The molecule has 0 spiro atoms. The molecule has 8 aromatic carbocycles. The van der Waals surface area contributed by atoms with E-state index in [1.54, 1.807) is 0 Å². The maximum atomic E-state index is 2.45. The third-order valence-corrected chi connectivity index (χ3v) is 10.2. The maximum absolute atomic E-state index is 2.45. The van der Waals surface area contributed by atoms with Crippen LogP contribution >= 0.6 is 0 Å². The molecule has 0 amide bonds. The molecule has 0 fully saturated rings. The molecule has 0 radical (unpaired) electrons. The summed E-state index contributed by atoms with van der Waals surface area (Å²) in [6.07, 6.45) is 0. The second kappa shape index (κ2) is 11.1. The van der Waals surface area contributed by atoms with E-state index < -0.39 is 0 Å². The van der Waals surface area contributed by atoms with E-state index >= 15 is 0 Å². The summed E-state index contributed by atoms with van der Waals surface area (Å²) < 4.78 is 0. The van der Waals surface area contributed by atoms with E-state index in [2.05, 4.69) is 195 Å². The normalized spacial score (nSPS) is 13.0. The number of anilines is 3. The molecule has 9 rings (SSSR count). The highest BCUT2D eigenvalue weighted by Gasteiger charge is 2.38. The Hall–Kier alpha value is -5.92. The Balaban J connectivity index is 1.28. The first-order chi connectivity index (χ1) is 23.6. The van der Waals surface area contributed by atoms with E-state index in [9.17, 15) is 0 Å². The molecule has 0 saturated heterocycles. The van der Waals surface area contributed by atoms with Crippen LogP contribution in [0, 0.1) is 0 Å². The van der Waals surface area contributed by atoms with Crippen molar-refractivity contribution in [3.63, 3.8) is 0 Å². The Kier molecular flexibility index (Phi) is 6.55. The predicted octanol–water partition coefficient (Wildman–Crippen LogP) is 13.1. The minimum atomic E-state index is -0.124. The smallest absolute Gasteiger partial charge is 0.0540 e. The van der Waals surface area contributed by atoms with E-state index in [1.807, 2.05) is 0 Å². The molecule has 0 unspecified atom stereocenters. The molecular weight excluding hydrogens is 579 g/mol. The summed E-state index contributed by atoms with van der Waals surface area (Å²) in [5.41, 5.74) is 13.7. The van der Waals surface area contributed by atoms with Crippen molar-refractivity contribution in [3.8, 4) is 33.4 Å². The Morgan fingerprint density at radius 1 is 0.396 bits per heavy atom. The number of fused-ring (bicyclic) bond motifs is 5. The Morgan fingerprint density at radius 3 is 1.88 bits per heavy atom. The third-order valence-electron chi connectivity index (χ3n) is 10.2. The first kappa shape index (κ1) is 28.3. The van der Waals surface area contributed by atoms with Crippen molar-refractivity contribution in [1.82, 2.24) is 0 Å². The summed E-state index contributed by atoms with van der Waals surface area (Å²) in [6.45, 7) is 4.75. The first-order valence-electron chi connectivity index (χ1n) is 16.8. The molecule has 0 aliphatic heterocycles. The van der Waals surface area contributed by atoms with Crippen molar-refractivity contribution in [2.45, 2.75) is 19.3 Å². The van der Waals surface area contributed by atoms with Gasteiger partial charge in [0.05, 0.1) is 5.69 Å². The fraction of sp³-hybridized carbons (Fsp3) is 0.0638. The molecule has 0 aromatic heterocycles. The van der Waals surface area contributed by atoms with Crippen LogP contribution in [0.1, 0.15) is 25.0 Å². The summed E-state index contributed by atoms with van der Waals surface area (Å²) in [6, 6.07) is 64.4. The molecule has 1 aliphatic carbocycles. The average molecular weight is 614 g/mol. The minimum absolute atomic E-state index is 0.124. The monoisotopic (exact) mass is 613 g/mol. The molecule has 0 bridgehead atoms. The fourth-order valence-corrected chi connectivity index (χ4v) is 7.89. The van der Waals surface area contributed by atoms with Crippen LogP contribution in [0.25, 0.3) is 54.9 Å². The van der Waals surface area contributed by atoms with Gasteiger partial charge in [-0.2, -0.15) is 0 Å². The molecule has 1 nitrogen and oxygen atoms in total. The Morgan fingerprint density at radius 2 is 1.04 bits per heavy atom. The zero-order valence-electron chi connectivity index (χ0n) is 27.2. The van der Waals surface area contributed by atoms with Crippen LogP contribution in [-0.4, -0.2) is 0 Å². The number of hydrogen-bond donors (Lipinski definition) is 0. The lowest BCUT2D eigenvalue weighted by Crippen LogP contribution is -2.17. The quantitative estimate of drug-likeness (QED) is 0.187. The standard InChI is InChI=1S/C47H35N/c1-47(2)44-21-11-10-20-41(44)43-31-39(30-42(46(43)47)35-14-4-3-5-15-35)48(45-22-12-18-34-16-8-9-19-40(34)45)38-27-25-33(26-28-38)37-24-23-32-13-6-7-17-36(32)29-37/h3-31H,1-2H3. The number of nitrogens with zero attached hydrogens (tertiary/aromatic N) is 1. The van der Waals surface area contributed by atoms with E-state index in [-0.39, 0.29) is 5.41 Å². The van der Waals surface area contributed by atoms with Gasteiger partial charge < -0.3 is 4.90 Å². The molecule has 0 atom stereocenters. The second-order valence-electron chi connectivity index (χ2n) is 13.4. The lowest BCUT2D eigenvalue weighted by molar-refractivity contribution is 0.662. The van der Waals surface area contributed by atoms with Crippen molar-refractivity contribution < 1.29 is 0 Å². The third kappa shape index (κ3) is 4.54. The fourth-order valence-electron chi connectivity index (χ4n) is 7.89. The van der Waals surface area contributed by atoms with Gasteiger partial charge in [-0.25, -0.2) is 0 Å². The zero-order chi connectivity index (χ0) is 32.2. The summed E-state index contributed by atoms with van der Waals surface area (Å²) in [4.78, 5) is 2.45. The van der Waals surface area contributed by atoms with E-state index in [0.29, 0.717) is 0 Å². The van der Waals surface area contributed by atoms with E-state index in [0.717, 1.165) is 17.1 Å². The van der Waals surface area contributed by atoms with E-state index in [4.69, 9.17) is 0 Å². The highest BCUT2D eigenvalue weighted by atomic mass is 15.1. The number of hydrogen-bond acceptors (Lipinski definition) is 1. The molecule has 48 heavy (non-hydrogen) atoms. The molecule has 0 heterocycles. The first-order valence-corrected chi connectivity index (χ1v) is 16.8. The van der Waals surface area contributed by atoms with Crippen molar-refractivity contribution in [3.05, 3.63) is 187 Å². The highest BCUT2D eigenvalue weighted by Crippen LogP contribution is 2.54. The van der Waals surface area contributed by atoms with Crippen LogP contribution < -0.4 is 4.90 Å². The highest BCUT2D eigenvalue weighted by molar-refractivity contribution is 6.01. The van der Waals surface area contributed by atoms with Gasteiger partial charge in [0.15, 0.2) is 0 Å². The summed E-state index contributed by atoms with van der Waals surface area (Å²) in [7, 11) is 0. The van der Waals surface area contributed by atoms with Crippen LogP contribution in [0.5, 0.6) is 0 Å². The van der Waals surface area contributed by atoms with Crippen molar-refractivity contribution in [2.24, 2.45) is 0 Å². The van der Waals surface area contributed by atoms with Gasteiger partial charge >= 0.3 is 0 Å². The van der Waals surface area contributed by atoms with Gasteiger partial charge in [0.1, 0.15) is 0 Å². The van der Waals surface area contributed by atoms with Gasteiger partial charge in [0.25, 0.3) is 0 Å². The number of benzene rings is 8. The average Bonchev–Trinajstić information content (AvgIpc) is 3.38. The lowest BCUT2D eigenvalue weighted by Gasteiger charge is -2.30. The SMILES string of the molecule is CC1(C)c2ccccc2-c2cc(N(c3ccc(-c4ccc5ccccc5c4)cc3)c3cccc4ccccc34)cc(-c3ccccc3)c21. The molecular formula is C47H35N. The minimum Gasteiger partial charge on any atom is -0.310 e. The van der Waals surface area contributed by atoms with E-state index in [1.165, 1.54) is 66.1 Å².